The summed E-state index contributed by atoms with van der Waals surface area (Å²) in [6.07, 6.45) is 1.46. The van der Waals surface area contributed by atoms with E-state index in [1.54, 1.807) is 0 Å². The summed E-state index contributed by atoms with van der Waals surface area (Å²) in [7, 11) is 0. The van der Waals surface area contributed by atoms with E-state index in [1.165, 1.54) is 18.3 Å². The molecule has 2 aromatic carbocycles. The number of aromatic nitrogens is 1. The van der Waals surface area contributed by atoms with Crippen LogP contribution in [0.4, 0.5) is 5.69 Å². The van der Waals surface area contributed by atoms with Gasteiger partial charge < -0.3 is 15.0 Å². The number of nitrogens with zero attached hydrogens (tertiary/aromatic N) is 1. The Bertz CT molecular complexity index is 900. The first-order valence-corrected chi connectivity index (χ1v) is 7.47. The Morgan fingerprint density at radius 3 is 2.29 bits per heavy atom. The van der Waals surface area contributed by atoms with Crippen LogP contribution < -0.4 is 10.9 Å². The van der Waals surface area contributed by atoms with Gasteiger partial charge in [-0.1, -0.05) is 42.5 Å². The van der Waals surface area contributed by atoms with Crippen molar-refractivity contribution in [3.05, 3.63) is 83.3 Å². The highest BCUT2D eigenvalue weighted by Crippen LogP contribution is 2.20. The molecule has 3 rings (SSSR count). The maximum Gasteiger partial charge on any atom is 0.293 e. The van der Waals surface area contributed by atoms with Crippen molar-refractivity contribution in [3.63, 3.8) is 0 Å². The largest absolute Gasteiger partial charge is 0.503 e. The fraction of sp³-hybridized carbons (Fsp3) is 0.0526. The number of nitrogens with one attached hydrogen (secondary N) is 1. The number of carbonyl (C=O) groups is 1. The molecule has 0 unspecified atom stereocenters. The van der Waals surface area contributed by atoms with Crippen molar-refractivity contribution in [2.45, 2.75) is 6.54 Å². The van der Waals surface area contributed by atoms with Gasteiger partial charge in [0.05, 0.1) is 0 Å². The molecule has 0 saturated carbocycles. The molecule has 5 nitrogen and oxygen atoms in total. The summed E-state index contributed by atoms with van der Waals surface area (Å²) in [5.41, 5.74) is 2.21. The van der Waals surface area contributed by atoms with Gasteiger partial charge in [-0.25, -0.2) is 0 Å². The molecule has 1 aromatic heterocycles. The van der Waals surface area contributed by atoms with Gasteiger partial charge >= 0.3 is 0 Å². The van der Waals surface area contributed by atoms with E-state index < -0.39 is 5.56 Å². The molecule has 24 heavy (non-hydrogen) atoms. The first kappa shape index (κ1) is 15.6. The maximum atomic E-state index is 12.0. The van der Waals surface area contributed by atoms with Crippen molar-refractivity contribution < 1.29 is 9.90 Å². The van der Waals surface area contributed by atoms with Crippen LogP contribution in [0.1, 0.15) is 0 Å². The Hall–Kier alpha value is -3.34. The number of rotatable bonds is 4. The Morgan fingerprint density at radius 1 is 0.917 bits per heavy atom. The lowest BCUT2D eigenvalue weighted by Crippen LogP contribution is -2.26. The number of pyridine rings is 1. The van der Waals surface area contributed by atoms with Gasteiger partial charge in [-0.05, 0) is 35.4 Å². The van der Waals surface area contributed by atoms with Gasteiger partial charge in [0, 0.05) is 11.9 Å². The smallest absolute Gasteiger partial charge is 0.293 e. The van der Waals surface area contributed by atoms with Crippen LogP contribution in [0.3, 0.4) is 0 Å². The lowest BCUT2D eigenvalue weighted by atomic mass is 10.1. The number of benzene rings is 2. The molecular weight excluding hydrogens is 304 g/mol. The van der Waals surface area contributed by atoms with Crippen molar-refractivity contribution in [1.29, 1.82) is 0 Å². The van der Waals surface area contributed by atoms with Crippen LogP contribution >= 0.6 is 0 Å². The van der Waals surface area contributed by atoms with Crippen LogP contribution in [0.25, 0.3) is 11.1 Å². The van der Waals surface area contributed by atoms with Gasteiger partial charge in [0.1, 0.15) is 6.54 Å². The molecule has 0 bridgehead atoms. The lowest BCUT2D eigenvalue weighted by molar-refractivity contribution is -0.116. The van der Waals surface area contributed by atoms with E-state index in [9.17, 15) is 14.7 Å². The van der Waals surface area contributed by atoms with Crippen LogP contribution in [0.2, 0.25) is 0 Å². The molecule has 0 fully saturated rings. The summed E-state index contributed by atoms with van der Waals surface area (Å²) in [6.45, 7) is -0.159. The summed E-state index contributed by atoms with van der Waals surface area (Å²) >= 11 is 0. The molecule has 0 spiro atoms. The summed E-state index contributed by atoms with van der Waals surface area (Å²) in [4.78, 5) is 23.7. The SMILES string of the molecule is O=C(Cn1cccc(O)c1=O)Nc1ccc(-c2ccccc2)cc1. The predicted octanol–water partition coefficient (Wildman–Crippen LogP) is 2.86. The summed E-state index contributed by atoms with van der Waals surface area (Å²) < 4.78 is 1.16. The predicted molar refractivity (Wildman–Crippen MR) is 92.9 cm³/mol. The number of anilines is 1. The van der Waals surface area contributed by atoms with Gasteiger partial charge in [-0.2, -0.15) is 0 Å². The summed E-state index contributed by atoms with van der Waals surface area (Å²) in [6, 6.07) is 20.2. The van der Waals surface area contributed by atoms with E-state index in [0.29, 0.717) is 5.69 Å². The van der Waals surface area contributed by atoms with Gasteiger partial charge in [0.15, 0.2) is 5.75 Å². The fourth-order valence-corrected chi connectivity index (χ4v) is 2.38. The first-order chi connectivity index (χ1) is 11.6. The fourth-order valence-electron chi connectivity index (χ4n) is 2.38. The van der Waals surface area contributed by atoms with E-state index >= 15 is 0 Å². The van der Waals surface area contributed by atoms with Crippen molar-refractivity contribution in [2.24, 2.45) is 0 Å². The maximum absolute atomic E-state index is 12.0. The third-order valence-electron chi connectivity index (χ3n) is 3.59. The number of aromatic hydroxyl groups is 1. The molecule has 0 aliphatic heterocycles. The topological polar surface area (TPSA) is 71.3 Å². The average Bonchev–Trinajstić information content (AvgIpc) is 2.60. The summed E-state index contributed by atoms with van der Waals surface area (Å²) in [5, 5.41) is 12.1. The van der Waals surface area contributed by atoms with Crippen molar-refractivity contribution in [2.75, 3.05) is 5.32 Å². The molecule has 1 amide bonds. The standard InChI is InChI=1S/C19H16N2O3/c22-17-7-4-12-21(19(17)24)13-18(23)20-16-10-8-15(9-11-16)14-5-2-1-3-6-14/h1-12,22H,13H2,(H,20,23). The molecule has 5 heteroatoms. The quantitative estimate of drug-likeness (QED) is 0.776. The normalized spacial score (nSPS) is 10.3. The number of amides is 1. The second-order valence-electron chi connectivity index (χ2n) is 5.32. The minimum atomic E-state index is -0.591. The van der Waals surface area contributed by atoms with Gasteiger partial charge in [0.25, 0.3) is 5.56 Å². The van der Waals surface area contributed by atoms with Crippen LogP contribution in [0, 0.1) is 0 Å². The van der Waals surface area contributed by atoms with Gasteiger partial charge in [0.2, 0.25) is 5.91 Å². The molecule has 3 aromatic rings. The highest BCUT2D eigenvalue weighted by atomic mass is 16.3. The molecule has 2 N–H and O–H groups in total. The van der Waals surface area contributed by atoms with Crippen LogP contribution in [0.5, 0.6) is 5.75 Å². The molecular formula is C19H16N2O3. The molecule has 0 aliphatic rings. The number of hydrogen-bond acceptors (Lipinski definition) is 3. The number of hydrogen-bond donors (Lipinski definition) is 2. The Kier molecular flexibility index (Phi) is 4.43. The molecule has 0 radical (unpaired) electrons. The van der Waals surface area contributed by atoms with Crippen molar-refractivity contribution in [1.82, 2.24) is 4.57 Å². The minimum Gasteiger partial charge on any atom is -0.503 e. The Balaban J connectivity index is 1.69. The summed E-state index contributed by atoms with van der Waals surface area (Å²) in [5.74, 6) is -0.715. The molecule has 0 saturated heterocycles. The molecule has 0 atom stereocenters. The van der Waals surface area contributed by atoms with Crippen LogP contribution in [0.15, 0.2) is 77.7 Å². The minimum absolute atomic E-state index is 0.159. The van der Waals surface area contributed by atoms with E-state index in [1.807, 2.05) is 54.6 Å². The second kappa shape index (κ2) is 6.83. The third-order valence-corrected chi connectivity index (χ3v) is 3.59. The van der Waals surface area contributed by atoms with Gasteiger partial charge in [-0.3, -0.25) is 9.59 Å². The van der Waals surface area contributed by atoms with Crippen LogP contribution in [-0.2, 0) is 11.3 Å². The van der Waals surface area contributed by atoms with Gasteiger partial charge in [-0.15, -0.1) is 0 Å². The Labute approximate surface area is 138 Å². The Morgan fingerprint density at radius 2 is 1.58 bits per heavy atom. The monoisotopic (exact) mass is 320 g/mol. The molecule has 120 valence electrons. The number of carbonyl (C=O) groups excluding carboxylic acids is 1. The zero-order valence-corrected chi connectivity index (χ0v) is 12.8. The highest BCUT2D eigenvalue weighted by Gasteiger charge is 2.07. The second-order valence-corrected chi connectivity index (χ2v) is 5.32. The zero-order valence-electron chi connectivity index (χ0n) is 12.8. The highest BCUT2D eigenvalue weighted by molar-refractivity contribution is 5.90. The van der Waals surface area contributed by atoms with E-state index in [0.717, 1.165) is 15.7 Å². The van der Waals surface area contributed by atoms with E-state index in [2.05, 4.69) is 5.32 Å². The lowest BCUT2D eigenvalue weighted by Gasteiger charge is -2.08. The van der Waals surface area contributed by atoms with Crippen molar-refractivity contribution in [3.8, 4) is 16.9 Å². The third kappa shape index (κ3) is 3.52. The zero-order chi connectivity index (χ0) is 16.9. The average molecular weight is 320 g/mol. The van der Waals surface area contributed by atoms with Crippen LogP contribution in [-0.4, -0.2) is 15.6 Å². The molecule has 1 heterocycles. The first-order valence-electron chi connectivity index (χ1n) is 7.47. The van der Waals surface area contributed by atoms with Crippen molar-refractivity contribution >= 4 is 11.6 Å². The molecule has 0 aliphatic carbocycles. The van der Waals surface area contributed by atoms with E-state index in [4.69, 9.17) is 0 Å². The van der Waals surface area contributed by atoms with E-state index in [-0.39, 0.29) is 18.2 Å².